The van der Waals surface area contributed by atoms with E-state index in [1.807, 2.05) is 0 Å². The Morgan fingerprint density at radius 2 is 2.13 bits per heavy atom. The summed E-state index contributed by atoms with van der Waals surface area (Å²) in [7, 11) is 0. The van der Waals surface area contributed by atoms with Gasteiger partial charge < -0.3 is 15.9 Å². The van der Waals surface area contributed by atoms with Crippen molar-refractivity contribution in [3.8, 4) is 5.75 Å². The van der Waals surface area contributed by atoms with E-state index in [2.05, 4.69) is 0 Å². The summed E-state index contributed by atoms with van der Waals surface area (Å²) in [6.07, 6.45) is 0.0665. The van der Waals surface area contributed by atoms with Gasteiger partial charge in [-0.2, -0.15) is 0 Å². The van der Waals surface area contributed by atoms with E-state index in [1.165, 1.54) is 18.2 Å². The number of hydrogen-bond donors (Lipinski definition) is 3. The van der Waals surface area contributed by atoms with E-state index in [1.54, 1.807) is 6.07 Å². The molecule has 0 aliphatic carbocycles. The largest absolute Gasteiger partial charge is 0.504 e. The van der Waals surface area contributed by atoms with Crippen LogP contribution < -0.4 is 11.2 Å². The molecule has 4 N–H and O–H groups in total. The Hall–Kier alpha value is -1.88. The molecule has 80 valence electrons. The highest BCUT2D eigenvalue weighted by Crippen LogP contribution is 2.06. The van der Waals surface area contributed by atoms with Crippen LogP contribution in [-0.4, -0.2) is 22.2 Å². The van der Waals surface area contributed by atoms with E-state index in [9.17, 15) is 14.7 Å². The van der Waals surface area contributed by atoms with Crippen LogP contribution in [0.4, 0.5) is 0 Å². The summed E-state index contributed by atoms with van der Waals surface area (Å²) in [4.78, 5) is 21.5. The smallest absolute Gasteiger partial charge is 0.320 e. The summed E-state index contributed by atoms with van der Waals surface area (Å²) in [6.45, 7) is 0. The Kier molecular flexibility index (Phi) is 3.41. The van der Waals surface area contributed by atoms with Crippen molar-refractivity contribution in [1.29, 1.82) is 0 Å². The summed E-state index contributed by atoms with van der Waals surface area (Å²) in [6, 6.07) is 4.38. The molecule has 0 aliphatic rings. The highest BCUT2D eigenvalue weighted by atomic mass is 16.4. The molecule has 0 bridgehead atoms. The number of aliphatic carboxylic acids is 1. The fourth-order valence-corrected chi connectivity index (χ4v) is 1.11. The molecule has 0 fully saturated rings. The second-order valence-corrected chi connectivity index (χ2v) is 3.14. The number of carbonyl (C=O) groups is 1. The van der Waals surface area contributed by atoms with Gasteiger partial charge in [0.25, 0.3) is 0 Å². The normalized spacial score (nSPS) is 12.1. The Bertz CT molecular complexity index is 430. The number of nitrogens with two attached hydrogens (primary N) is 1. The van der Waals surface area contributed by atoms with Crippen molar-refractivity contribution in [1.82, 2.24) is 0 Å². The van der Waals surface area contributed by atoms with Gasteiger partial charge in [-0.1, -0.05) is 12.1 Å². The molecule has 0 radical (unpaired) electrons. The Morgan fingerprint density at radius 1 is 1.47 bits per heavy atom. The first kappa shape index (κ1) is 11.2. The van der Waals surface area contributed by atoms with Crippen LogP contribution in [0.15, 0.2) is 29.1 Å². The summed E-state index contributed by atoms with van der Waals surface area (Å²) in [5.41, 5.74) is 5.31. The number of hydrogen-bond acceptors (Lipinski definition) is 4. The first-order valence-corrected chi connectivity index (χ1v) is 4.31. The van der Waals surface area contributed by atoms with Crippen molar-refractivity contribution >= 4 is 5.97 Å². The Labute approximate surface area is 85.8 Å². The van der Waals surface area contributed by atoms with Gasteiger partial charge in [-0.3, -0.25) is 9.59 Å². The lowest BCUT2D eigenvalue weighted by Gasteiger charge is -2.04. The van der Waals surface area contributed by atoms with E-state index in [-0.39, 0.29) is 6.42 Å². The number of carboxylic acids is 1. The number of aromatic hydroxyl groups is 1. The second-order valence-electron chi connectivity index (χ2n) is 3.14. The van der Waals surface area contributed by atoms with Gasteiger partial charge in [0.2, 0.25) is 5.43 Å². The van der Waals surface area contributed by atoms with Crippen molar-refractivity contribution < 1.29 is 15.0 Å². The maximum Gasteiger partial charge on any atom is 0.320 e. The standard InChI is InChI=1S/C10H11NO4/c11-7(10(14)15)4-6-2-1-3-8(12)9(13)5-6/h1-3,5,7H,4,11H2,(H,12,13)(H,14,15). The van der Waals surface area contributed by atoms with Crippen LogP contribution in [-0.2, 0) is 11.2 Å². The molecular formula is C10H11NO4. The van der Waals surface area contributed by atoms with Crippen molar-refractivity contribution in [2.24, 2.45) is 5.73 Å². The summed E-state index contributed by atoms with van der Waals surface area (Å²) < 4.78 is 0. The van der Waals surface area contributed by atoms with E-state index in [0.717, 1.165) is 0 Å². The van der Waals surface area contributed by atoms with Gasteiger partial charge in [0.1, 0.15) is 6.04 Å². The first-order chi connectivity index (χ1) is 7.00. The second kappa shape index (κ2) is 4.56. The molecule has 0 aliphatic heterocycles. The van der Waals surface area contributed by atoms with Crippen molar-refractivity contribution in [3.63, 3.8) is 0 Å². The maximum absolute atomic E-state index is 11.0. The molecule has 0 amide bonds. The average Bonchev–Trinajstić information content (AvgIpc) is 2.29. The molecule has 15 heavy (non-hydrogen) atoms. The zero-order chi connectivity index (χ0) is 11.4. The third-order valence-electron chi connectivity index (χ3n) is 1.91. The van der Waals surface area contributed by atoms with Crippen LogP contribution in [0.2, 0.25) is 0 Å². The highest BCUT2D eigenvalue weighted by Gasteiger charge is 2.11. The molecule has 1 atom stereocenters. The topological polar surface area (TPSA) is 101 Å². The van der Waals surface area contributed by atoms with Crippen LogP contribution in [0, 0.1) is 0 Å². The fraction of sp³-hybridized carbons (Fsp3) is 0.200. The molecule has 5 nitrogen and oxygen atoms in total. The molecular weight excluding hydrogens is 198 g/mol. The van der Waals surface area contributed by atoms with Crippen LogP contribution >= 0.6 is 0 Å². The SMILES string of the molecule is NC(Cc1cccc(=O)c(O)c1)C(=O)O. The summed E-state index contributed by atoms with van der Waals surface area (Å²) in [5, 5.41) is 17.8. The van der Waals surface area contributed by atoms with E-state index in [4.69, 9.17) is 10.8 Å². The Morgan fingerprint density at radius 3 is 2.73 bits per heavy atom. The van der Waals surface area contributed by atoms with Gasteiger partial charge in [-0.25, -0.2) is 0 Å². The minimum atomic E-state index is -1.12. The van der Waals surface area contributed by atoms with Gasteiger partial charge in [-0.15, -0.1) is 0 Å². The van der Waals surface area contributed by atoms with E-state index < -0.39 is 23.2 Å². The predicted molar refractivity (Wildman–Crippen MR) is 53.7 cm³/mol. The molecule has 1 unspecified atom stereocenters. The molecule has 0 saturated carbocycles. The molecule has 5 heteroatoms. The van der Waals surface area contributed by atoms with E-state index in [0.29, 0.717) is 5.56 Å². The molecule has 0 spiro atoms. The molecule has 1 rings (SSSR count). The zero-order valence-corrected chi connectivity index (χ0v) is 7.88. The van der Waals surface area contributed by atoms with Gasteiger partial charge in [0.05, 0.1) is 0 Å². The van der Waals surface area contributed by atoms with Crippen molar-refractivity contribution in [3.05, 3.63) is 40.1 Å². The van der Waals surface area contributed by atoms with Gasteiger partial charge in [-0.05, 0) is 24.1 Å². The fourth-order valence-electron chi connectivity index (χ4n) is 1.11. The minimum absolute atomic E-state index is 0.0665. The number of rotatable bonds is 3. The molecule has 0 heterocycles. The lowest BCUT2D eigenvalue weighted by atomic mass is 10.1. The molecule has 0 aromatic heterocycles. The first-order valence-electron chi connectivity index (χ1n) is 4.31. The van der Waals surface area contributed by atoms with E-state index >= 15 is 0 Å². The Balaban J connectivity index is 2.98. The van der Waals surface area contributed by atoms with Gasteiger partial charge in [0, 0.05) is 0 Å². The molecule has 1 aromatic carbocycles. The third kappa shape index (κ3) is 3.07. The van der Waals surface area contributed by atoms with Crippen molar-refractivity contribution in [2.45, 2.75) is 12.5 Å². The molecule has 0 saturated heterocycles. The monoisotopic (exact) mass is 209 g/mol. The lowest BCUT2D eigenvalue weighted by molar-refractivity contribution is -0.138. The quantitative estimate of drug-likeness (QED) is 0.634. The van der Waals surface area contributed by atoms with Crippen LogP contribution in [0.25, 0.3) is 0 Å². The van der Waals surface area contributed by atoms with Crippen LogP contribution in [0.5, 0.6) is 5.75 Å². The van der Waals surface area contributed by atoms with Crippen LogP contribution in [0.3, 0.4) is 0 Å². The van der Waals surface area contributed by atoms with Gasteiger partial charge in [0.15, 0.2) is 5.75 Å². The lowest BCUT2D eigenvalue weighted by Crippen LogP contribution is -2.32. The third-order valence-corrected chi connectivity index (χ3v) is 1.91. The molecule has 1 aromatic rings. The minimum Gasteiger partial charge on any atom is -0.504 e. The summed E-state index contributed by atoms with van der Waals surface area (Å²) in [5.74, 6) is -1.53. The van der Waals surface area contributed by atoms with Crippen LogP contribution in [0.1, 0.15) is 5.56 Å². The summed E-state index contributed by atoms with van der Waals surface area (Å²) >= 11 is 0. The average molecular weight is 209 g/mol. The zero-order valence-electron chi connectivity index (χ0n) is 7.88. The van der Waals surface area contributed by atoms with Crippen molar-refractivity contribution in [2.75, 3.05) is 0 Å². The number of carboxylic acid groups (broad SMARTS) is 1. The van der Waals surface area contributed by atoms with Gasteiger partial charge >= 0.3 is 5.97 Å². The highest BCUT2D eigenvalue weighted by molar-refractivity contribution is 5.73. The maximum atomic E-state index is 11.0. The predicted octanol–water partition coefficient (Wildman–Crippen LogP) is -0.293.